The summed E-state index contributed by atoms with van der Waals surface area (Å²) in [4.78, 5) is 11.7. The van der Waals surface area contributed by atoms with E-state index in [2.05, 4.69) is 347 Å². The van der Waals surface area contributed by atoms with E-state index in [1.54, 1.807) is 0 Å². The molecule has 0 aliphatic carbocycles. The van der Waals surface area contributed by atoms with E-state index in [0.29, 0.717) is 5.95 Å². The van der Waals surface area contributed by atoms with Crippen molar-refractivity contribution in [3.63, 3.8) is 0 Å². The van der Waals surface area contributed by atoms with Crippen molar-refractivity contribution in [2.45, 2.75) is 0 Å². The van der Waals surface area contributed by atoms with Gasteiger partial charge in [-0.3, -0.25) is 9.13 Å². The minimum atomic E-state index is -3.05. The summed E-state index contributed by atoms with van der Waals surface area (Å²) in [6, 6.07) is 122. The second kappa shape index (κ2) is 20.6. The molecule has 1 aliphatic rings. The highest BCUT2D eigenvalue weighted by molar-refractivity contribution is 7.21. The van der Waals surface area contributed by atoms with Crippen molar-refractivity contribution < 1.29 is 4.74 Å². The van der Waals surface area contributed by atoms with E-state index in [0.717, 1.165) is 99.7 Å². The SMILES string of the molecule is c1ccc([Si](c2ccccc2)(c2ccccc2)c2cccc(-n3c4ccccc4c4c3ccc3c5ccccc5n(-c5nc(-c6ccc7c(c6)[Si](c6ccccc6)(c6ccccc6)c6ccccc6O7)cc(-n6c7ccccc7c7ccccc76)n5)c34)c2)cc1. The van der Waals surface area contributed by atoms with Crippen molar-refractivity contribution in [3.05, 3.63) is 334 Å². The summed E-state index contributed by atoms with van der Waals surface area (Å²) >= 11 is 0. The van der Waals surface area contributed by atoms with E-state index in [4.69, 9.17) is 14.7 Å². The predicted octanol–water partition coefficient (Wildman–Crippen LogP) is 14.3. The van der Waals surface area contributed by atoms with Crippen molar-refractivity contribution in [1.82, 2.24) is 23.7 Å². The van der Waals surface area contributed by atoms with Gasteiger partial charge in [-0.25, -0.2) is 4.98 Å². The highest BCUT2D eigenvalue weighted by atomic mass is 28.3. The van der Waals surface area contributed by atoms with Crippen LogP contribution in [-0.2, 0) is 0 Å². The van der Waals surface area contributed by atoms with Crippen LogP contribution in [0.3, 0.4) is 0 Å². The Hall–Kier alpha value is -11.4. The lowest BCUT2D eigenvalue weighted by atomic mass is 10.1. The van der Waals surface area contributed by atoms with Gasteiger partial charge in [-0.15, -0.1) is 0 Å². The van der Waals surface area contributed by atoms with Crippen LogP contribution < -0.4 is 46.2 Å². The molecule has 6 nitrogen and oxygen atoms in total. The van der Waals surface area contributed by atoms with Crippen LogP contribution >= 0.6 is 0 Å². The normalized spacial score (nSPS) is 12.8. The number of rotatable bonds is 10. The van der Waals surface area contributed by atoms with Gasteiger partial charge in [0.2, 0.25) is 5.95 Å². The standard InChI is InChI=1S/C82H55N5OSi2/c1-6-28-58(29-7-1)89(59-30-8-2-9-31-59,60-32-10-3-11-33-60)63-38-26-27-57(54-63)85-73-46-23-19-42-68(73)80-74(85)51-50-67-66-41-18-22-45-72(66)87(81(67)80)82-83-69(55-79(84-82)86-70-43-20-16-39-64(70)65-40-17-21-44-71(65)86)56-49-52-76-78(53-56)90(61-34-12-4-13-35-61,62-36-14-5-15-37-62)77-48-25-24-47-75(77)88-76/h1-55H. The number of para-hydroxylation sites is 5. The van der Waals surface area contributed by atoms with Gasteiger partial charge in [0, 0.05) is 49.6 Å². The van der Waals surface area contributed by atoms with Gasteiger partial charge in [-0.2, -0.15) is 4.98 Å². The first kappa shape index (κ1) is 51.8. The summed E-state index contributed by atoms with van der Waals surface area (Å²) in [7, 11) is -5.95. The zero-order valence-corrected chi connectivity index (χ0v) is 50.9. The van der Waals surface area contributed by atoms with Crippen LogP contribution in [0.2, 0.25) is 0 Å². The average Bonchev–Trinajstić information content (AvgIpc) is 1.22. The molecule has 0 amide bonds. The lowest BCUT2D eigenvalue weighted by molar-refractivity contribution is 0.487. The van der Waals surface area contributed by atoms with Crippen LogP contribution in [0.25, 0.3) is 94.1 Å². The fourth-order valence-corrected chi connectivity index (χ4v) is 25.0. The number of hydrogen-bond donors (Lipinski definition) is 0. The van der Waals surface area contributed by atoms with Gasteiger partial charge in [0.25, 0.3) is 0 Å². The van der Waals surface area contributed by atoms with Crippen LogP contribution in [0.1, 0.15) is 0 Å². The van der Waals surface area contributed by atoms with Crippen LogP contribution in [0.15, 0.2) is 334 Å². The smallest absolute Gasteiger partial charge is 0.237 e. The number of aromatic nitrogens is 5. The molecule has 0 saturated heterocycles. The third-order valence-electron chi connectivity index (χ3n) is 18.9. The quantitative estimate of drug-likeness (QED) is 0.101. The van der Waals surface area contributed by atoms with Crippen LogP contribution in [0, 0.1) is 0 Å². The molecule has 18 rings (SSSR count). The van der Waals surface area contributed by atoms with Gasteiger partial charge in [0.05, 0.1) is 38.8 Å². The second-order valence-electron chi connectivity index (χ2n) is 23.5. The lowest BCUT2D eigenvalue weighted by Crippen LogP contribution is -2.76. The Morgan fingerprint density at radius 2 is 0.789 bits per heavy atom. The van der Waals surface area contributed by atoms with Gasteiger partial charge in [-0.05, 0) is 108 Å². The Morgan fingerprint density at radius 1 is 0.311 bits per heavy atom. The zero-order chi connectivity index (χ0) is 59.3. The molecule has 5 heterocycles. The predicted molar refractivity (Wildman–Crippen MR) is 378 cm³/mol. The molecule has 0 unspecified atom stereocenters. The third-order valence-corrected chi connectivity index (χ3v) is 28.5. The molecule has 0 bridgehead atoms. The lowest BCUT2D eigenvalue weighted by Gasteiger charge is -2.39. The summed E-state index contributed by atoms with van der Waals surface area (Å²) in [6.07, 6.45) is 0. The molecule has 17 aromatic rings. The molecule has 90 heavy (non-hydrogen) atoms. The molecule has 0 fully saturated rings. The maximum Gasteiger partial charge on any atom is 0.237 e. The first-order chi connectivity index (χ1) is 44.7. The van der Waals surface area contributed by atoms with E-state index in [1.807, 2.05) is 0 Å². The Labute approximate surface area is 522 Å². The molecular formula is C82H55N5OSi2. The van der Waals surface area contributed by atoms with Gasteiger partial charge < -0.3 is 9.30 Å². The molecule has 8 heteroatoms. The average molecular weight is 1180 g/mol. The number of hydrogen-bond acceptors (Lipinski definition) is 3. The molecule has 0 atom stereocenters. The van der Waals surface area contributed by atoms with E-state index < -0.39 is 16.1 Å². The van der Waals surface area contributed by atoms with Crippen molar-refractivity contribution in [2.75, 3.05) is 0 Å². The zero-order valence-electron chi connectivity index (χ0n) is 48.9. The minimum Gasteiger partial charge on any atom is -0.458 e. The summed E-state index contributed by atoms with van der Waals surface area (Å²) in [5, 5.41) is 17.1. The summed E-state index contributed by atoms with van der Waals surface area (Å²) in [5.74, 6) is 3.08. The number of fused-ring (bicyclic) bond motifs is 12. The molecule has 0 N–H and O–H groups in total. The molecule has 4 aromatic heterocycles. The highest BCUT2D eigenvalue weighted by Crippen LogP contribution is 2.43. The maximum absolute atomic E-state index is 7.01. The van der Waals surface area contributed by atoms with E-state index in [1.165, 1.54) is 41.5 Å². The van der Waals surface area contributed by atoms with Crippen molar-refractivity contribution >= 4 is 123 Å². The fourth-order valence-electron chi connectivity index (χ4n) is 15.3. The van der Waals surface area contributed by atoms with Gasteiger partial charge in [0.15, 0.2) is 16.1 Å². The number of nitrogens with zero attached hydrogens (tertiary/aromatic N) is 5. The van der Waals surface area contributed by atoms with Gasteiger partial charge >= 0.3 is 0 Å². The molecular weight excluding hydrogens is 1130 g/mol. The van der Waals surface area contributed by atoms with Crippen LogP contribution in [0.5, 0.6) is 11.5 Å². The Kier molecular flexibility index (Phi) is 11.9. The van der Waals surface area contributed by atoms with Crippen LogP contribution in [-0.4, -0.2) is 39.8 Å². The highest BCUT2D eigenvalue weighted by Gasteiger charge is 2.48. The first-order valence-electron chi connectivity index (χ1n) is 30.8. The van der Waals surface area contributed by atoms with Gasteiger partial charge in [-0.1, -0.05) is 261 Å². The van der Waals surface area contributed by atoms with Gasteiger partial charge in [0.1, 0.15) is 17.3 Å². The summed E-state index contributed by atoms with van der Waals surface area (Å²) in [5.41, 5.74) is 9.26. The van der Waals surface area contributed by atoms with E-state index in [-0.39, 0.29) is 0 Å². The first-order valence-corrected chi connectivity index (χ1v) is 34.8. The number of ether oxygens (including phenoxy) is 1. The second-order valence-corrected chi connectivity index (χ2v) is 31.1. The molecule has 422 valence electrons. The molecule has 0 spiro atoms. The largest absolute Gasteiger partial charge is 0.458 e. The Bertz CT molecular complexity index is 5460. The van der Waals surface area contributed by atoms with Crippen LogP contribution in [0.4, 0.5) is 0 Å². The maximum atomic E-state index is 7.01. The van der Waals surface area contributed by atoms with E-state index >= 15 is 0 Å². The van der Waals surface area contributed by atoms with Crippen molar-refractivity contribution in [3.8, 4) is 40.2 Å². The van der Waals surface area contributed by atoms with Crippen molar-refractivity contribution in [2.24, 2.45) is 0 Å². The molecule has 0 radical (unpaired) electrons. The fraction of sp³-hybridized carbons (Fsp3) is 0. The summed E-state index contributed by atoms with van der Waals surface area (Å²) in [6.45, 7) is 0. The molecule has 13 aromatic carbocycles. The third kappa shape index (κ3) is 7.62. The Morgan fingerprint density at radius 3 is 1.39 bits per heavy atom. The summed E-state index contributed by atoms with van der Waals surface area (Å²) < 4.78 is 14.2. The molecule has 1 aliphatic heterocycles. The van der Waals surface area contributed by atoms with E-state index in [9.17, 15) is 0 Å². The minimum absolute atomic E-state index is 0.570. The number of benzene rings is 13. The van der Waals surface area contributed by atoms with Crippen molar-refractivity contribution in [1.29, 1.82) is 0 Å². The Balaban J connectivity index is 0.921. The topological polar surface area (TPSA) is 49.8 Å². The molecule has 0 saturated carbocycles. The monoisotopic (exact) mass is 1180 g/mol.